The van der Waals surface area contributed by atoms with Crippen LogP contribution in [0.2, 0.25) is 0 Å². The van der Waals surface area contributed by atoms with Crippen molar-refractivity contribution in [1.29, 1.82) is 0 Å². The Hall–Kier alpha value is -1.18. The van der Waals surface area contributed by atoms with Gasteiger partial charge in [0, 0.05) is 3.57 Å². The van der Waals surface area contributed by atoms with E-state index in [0.29, 0.717) is 15.0 Å². The monoisotopic (exact) mass is 305 g/mol. The number of anilines is 1. The SMILES string of the molecule is Nc1noc(-c2ccc(F)cc2I)n1. The predicted molar refractivity (Wildman–Crippen MR) is 56.8 cm³/mol. The van der Waals surface area contributed by atoms with Gasteiger partial charge in [0.05, 0.1) is 5.56 Å². The summed E-state index contributed by atoms with van der Waals surface area (Å²) in [6.07, 6.45) is 0. The van der Waals surface area contributed by atoms with Gasteiger partial charge in [0.2, 0.25) is 0 Å². The number of aromatic nitrogens is 2. The summed E-state index contributed by atoms with van der Waals surface area (Å²) >= 11 is 1.99. The molecule has 0 aliphatic rings. The Kier molecular flexibility index (Phi) is 2.36. The smallest absolute Gasteiger partial charge is 0.261 e. The second-order valence-corrected chi connectivity index (χ2v) is 3.74. The van der Waals surface area contributed by atoms with Gasteiger partial charge in [-0.2, -0.15) is 4.98 Å². The maximum absolute atomic E-state index is 12.8. The molecule has 4 nitrogen and oxygen atoms in total. The summed E-state index contributed by atoms with van der Waals surface area (Å²) in [4.78, 5) is 3.84. The highest BCUT2D eigenvalue weighted by Crippen LogP contribution is 2.24. The molecule has 0 atom stereocenters. The molecule has 2 rings (SSSR count). The van der Waals surface area contributed by atoms with Crippen LogP contribution in [0.4, 0.5) is 10.3 Å². The van der Waals surface area contributed by atoms with Crippen LogP contribution in [0, 0.1) is 9.39 Å². The first kappa shape index (κ1) is 9.38. The molecule has 2 N–H and O–H groups in total. The van der Waals surface area contributed by atoms with E-state index in [-0.39, 0.29) is 11.8 Å². The van der Waals surface area contributed by atoms with Gasteiger partial charge in [-0.1, -0.05) is 0 Å². The first-order chi connectivity index (χ1) is 6.66. The van der Waals surface area contributed by atoms with Crippen LogP contribution in [0.1, 0.15) is 0 Å². The van der Waals surface area contributed by atoms with Crippen LogP contribution >= 0.6 is 22.6 Å². The van der Waals surface area contributed by atoms with Crippen molar-refractivity contribution >= 4 is 28.5 Å². The summed E-state index contributed by atoms with van der Waals surface area (Å²) in [7, 11) is 0. The third-order valence-electron chi connectivity index (χ3n) is 1.60. The molecule has 0 fully saturated rings. The molecule has 0 aliphatic carbocycles. The highest BCUT2D eigenvalue weighted by molar-refractivity contribution is 14.1. The minimum absolute atomic E-state index is 0.0696. The minimum atomic E-state index is -0.300. The van der Waals surface area contributed by atoms with Crippen LogP contribution in [0.5, 0.6) is 0 Å². The van der Waals surface area contributed by atoms with E-state index in [1.165, 1.54) is 12.1 Å². The van der Waals surface area contributed by atoms with Crippen LogP contribution in [-0.2, 0) is 0 Å². The zero-order valence-corrected chi connectivity index (χ0v) is 9.03. The lowest BCUT2D eigenvalue weighted by Crippen LogP contribution is -1.87. The Morgan fingerprint density at radius 3 is 2.79 bits per heavy atom. The average Bonchev–Trinajstić information content (AvgIpc) is 2.51. The zero-order valence-electron chi connectivity index (χ0n) is 6.87. The molecule has 14 heavy (non-hydrogen) atoms. The van der Waals surface area contributed by atoms with Crippen molar-refractivity contribution in [3.8, 4) is 11.5 Å². The summed E-state index contributed by atoms with van der Waals surface area (Å²) in [6.45, 7) is 0. The molecular formula is C8H5FIN3O. The van der Waals surface area contributed by atoms with E-state index in [4.69, 9.17) is 10.3 Å². The molecule has 0 aliphatic heterocycles. The van der Waals surface area contributed by atoms with E-state index in [9.17, 15) is 4.39 Å². The van der Waals surface area contributed by atoms with E-state index in [1.54, 1.807) is 6.07 Å². The summed E-state index contributed by atoms with van der Waals surface area (Å²) < 4.78 is 18.3. The molecule has 2 aromatic rings. The molecule has 0 unspecified atom stereocenters. The Labute approximate surface area is 92.4 Å². The second-order valence-electron chi connectivity index (χ2n) is 2.58. The van der Waals surface area contributed by atoms with Crippen LogP contribution in [0.3, 0.4) is 0 Å². The van der Waals surface area contributed by atoms with Gasteiger partial charge in [0.25, 0.3) is 11.8 Å². The molecule has 6 heteroatoms. The molecule has 0 saturated heterocycles. The van der Waals surface area contributed by atoms with Gasteiger partial charge >= 0.3 is 0 Å². The van der Waals surface area contributed by atoms with Crippen molar-refractivity contribution in [2.45, 2.75) is 0 Å². The molecule has 1 aromatic heterocycles. The van der Waals surface area contributed by atoms with Crippen molar-refractivity contribution in [2.24, 2.45) is 0 Å². The van der Waals surface area contributed by atoms with Crippen molar-refractivity contribution in [2.75, 3.05) is 5.73 Å². The number of nitrogens with zero attached hydrogens (tertiary/aromatic N) is 2. The molecular weight excluding hydrogens is 300 g/mol. The van der Waals surface area contributed by atoms with Crippen molar-refractivity contribution in [3.05, 3.63) is 27.6 Å². The Balaban J connectivity index is 2.52. The quantitative estimate of drug-likeness (QED) is 0.819. The van der Waals surface area contributed by atoms with Crippen molar-refractivity contribution in [1.82, 2.24) is 10.1 Å². The van der Waals surface area contributed by atoms with E-state index in [1.807, 2.05) is 22.6 Å². The van der Waals surface area contributed by atoms with Gasteiger partial charge in [-0.25, -0.2) is 4.39 Å². The molecule has 0 amide bonds. The third-order valence-corrected chi connectivity index (χ3v) is 2.50. The highest BCUT2D eigenvalue weighted by atomic mass is 127. The standard InChI is InChI=1S/C8H5FIN3O/c9-4-1-2-5(6(10)3-4)7-12-8(11)13-14-7/h1-3H,(H2,11,13). The zero-order chi connectivity index (χ0) is 10.1. The fourth-order valence-corrected chi connectivity index (χ4v) is 1.72. The molecule has 1 aromatic carbocycles. The summed E-state index contributed by atoms with van der Waals surface area (Å²) in [5, 5.41) is 3.45. The number of rotatable bonds is 1. The van der Waals surface area contributed by atoms with Gasteiger partial charge in [0.1, 0.15) is 5.82 Å². The second kappa shape index (κ2) is 3.52. The number of hydrogen-bond acceptors (Lipinski definition) is 4. The fourth-order valence-electron chi connectivity index (χ4n) is 1.01. The lowest BCUT2D eigenvalue weighted by molar-refractivity contribution is 0.432. The molecule has 72 valence electrons. The average molecular weight is 305 g/mol. The van der Waals surface area contributed by atoms with Gasteiger partial charge in [-0.3, -0.25) is 0 Å². The normalized spacial score (nSPS) is 10.4. The lowest BCUT2D eigenvalue weighted by Gasteiger charge is -1.97. The van der Waals surface area contributed by atoms with E-state index in [2.05, 4.69) is 10.1 Å². The first-order valence-electron chi connectivity index (χ1n) is 3.71. The Bertz CT molecular complexity index is 471. The van der Waals surface area contributed by atoms with Gasteiger partial charge in [0.15, 0.2) is 0 Å². The lowest BCUT2D eigenvalue weighted by atomic mass is 10.2. The molecule has 1 heterocycles. The van der Waals surface area contributed by atoms with Crippen LogP contribution < -0.4 is 5.73 Å². The maximum atomic E-state index is 12.8. The maximum Gasteiger partial charge on any atom is 0.261 e. The number of nitrogen functional groups attached to an aromatic ring is 1. The summed E-state index contributed by atoms with van der Waals surface area (Å²) in [6, 6.07) is 4.29. The molecule has 0 radical (unpaired) electrons. The Morgan fingerprint density at radius 2 is 2.21 bits per heavy atom. The van der Waals surface area contributed by atoms with Crippen LogP contribution in [0.15, 0.2) is 22.7 Å². The largest absolute Gasteiger partial charge is 0.365 e. The van der Waals surface area contributed by atoms with Gasteiger partial charge in [-0.15, -0.1) is 0 Å². The number of benzene rings is 1. The highest BCUT2D eigenvalue weighted by Gasteiger charge is 2.10. The van der Waals surface area contributed by atoms with Gasteiger partial charge < -0.3 is 10.3 Å². The number of nitrogens with two attached hydrogens (primary N) is 1. The first-order valence-corrected chi connectivity index (χ1v) is 4.79. The minimum Gasteiger partial charge on any atom is -0.365 e. The van der Waals surface area contributed by atoms with Crippen LogP contribution in [-0.4, -0.2) is 10.1 Å². The van der Waals surface area contributed by atoms with Gasteiger partial charge in [-0.05, 0) is 45.9 Å². The summed E-state index contributed by atoms with van der Waals surface area (Å²) in [5.41, 5.74) is 5.98. The molecule has 0 spiro atoms. The summed E-state index contributed by atoms with van der Waals surface area (Å²) in [5.74, 6) is 0.0673. The molecule has 0 saturated carbocycles. The van der Waals surface area contributed by atoms with Crippen molar-refractivity contribution in [3.63, 3.8) is 0 Å². The van der Waals surface area contributed by atoms with E-state index >= 15 is 0 Å². The van der Waals surface area contributed by atoms with E-state index < -0.39 is 0 Å². The number of halogens is 2. The van der Waals surface area contributed by atoms with Crippen LogP contribution in [0.25, 0.3) is 11.5 Å². The fraction of sp³-hybridized carbons (Fsp3) is 0. The Morgan fingerprint density at radius 1 is 1.43 bits per heavy atom. The predicted octanol–water partition coefficient (Wildman–Crippen LogP) is 2.06. The third kappa shape index (κ3) is 1.69. The van der Waals surface area contributed by atoms with Crippen molar-refractivity contribution < 1.29 is 8.91 Å². The topological polar surface area (TPSA) is 64.9 Å². The number of hydrogen-bond donors (Lipinski definition) is 1. The van der Waals surface area contributed by atoms with E-state index in [0.717, 1.165) is 0 Å². The molecule has 0 bridgehead atoms.